The molecular weight excluding hydrogens is 200 g/mol. The second-order valence-corrected chi connectivity index (χ2v) is 3.95. The van der Waals surface area contributed by atoms with E-state index in [1.54, 1.807) is 7.11 Å². The van der Waals surface area contributed by atoms with Crippen molar-refractivity contribution in [2.45, 2.75) is 13.3 Å². The van der Waals surface area contributed by atoms with Crippen molar-refractivity contribution in [3.63, 3.8) is 0 Å². The van der Waals surface area contributed by atoms with Crippen molar-refractivity contribution in [1.29, 1.82) is 5.26 Å². The molecule has 0 aliphatic carbocycles. The Balaban J connectivity index is 2.55. The molecule has 1 aromatic carbocycles. The van der Waals surface area contributed by atoms with Crippen LogP contribution in [-0.4, -0.2) is 32.1 Å². The maximum absolute atomic E-state index is 8.54. The van der Waals surface area contributed by atoms with Crippen molar-refractivity contribution >= 4 is 0 Å². The zero-order valence-corrected chi connectivity index (χ0v) is 10.2. The normalized spacial score (nSPS) is 10.2. The first-order chi connectivity index (χ1) is 7.67. The molecule has 0 amide bonds. The number of hydrogen-bond acceptors (Lipinski definition) is 3. The number of hydrogen-bond donors (Lipinski definition) is 0. The molecule has 0 unspecified atom stereocenters. The van der Waals surface area contributed by atoms with Crippen LogP contribution in [0.5, 0.6) is 5.75 Å². The topological polar surface area (TPSA) is 36.3 Å². The van der Waals surface area contributed by atoms with Crippen LogP contribution in [0.15, 0.2) is 18.2 Å². The molecule has 0 radical (unpaired) electrons. The Hall–Kier alpha value is -1.53. The molecule has 0 fully saturated rings. The number of nitrogens with zero attached hydrogens (tertiary/aromatic N) is 2. The van der Waals surface area contributed by atoms with Crippen molar-refractivity contribution in [3.8, 4) is 11.8 Å². The summed E-state index contributed by atoms with van der Waals surface area (Å²) < 4.78 is 5.21. The van der Waals surface area contributed by atoms with E-state index >= 15 is 0 Å². The lowest BCUT2D eigenvalue weighted by Crippen LogP contribution is -2.21. The minimum atomic E-state index is 0.481. The molecule has 3 heteroatoms. The molecule has 0 aliphatic rings. The maximum Gasteiger partial charge on any atom is 0.121 e. The Bertz CT molecular complexity index is 382. The van der Waals surface area contributed by atoms with Crippen LogP contribution in [0.4, 0.5) is 0 Å². The van der Waals surface area contributed by atoms with Crippen LogP contribution in [-0.2, 0) is 6.42 Å². The van der Waals surface area contributed by atoms with Gasteiger partial charge in [-0.3, -0.25) is 4.90 Å². The Morgan fingerprint density at radius 3 is 2.75 bits per heavy atom. The van der Waals surface area contributed by atoms with Gasteiger partial charge in [0.1, 0.15) is 5.75 Å². The van der Waals surface area contributed by atoms with E-state index in [0.29, 0.717) is 6.54 Å². The smallest absolute Gasteiger partial charge is 0.121 e. The zero-order chi connectivity index (χ0) is 12.0. The summed E-state index contributed by atoms with van der Waals surface area (Å²) in [5.74, 6) is 0.925. The van der Waals surface area contributed by atoms with Crippen molar-refractivity contribution in [2.24, 2.45) is 0 Å². The lowest BCUT2D eigenvalue weighted by atomic mass is 10.1. The number of ether oxygens (including phenoxy) is 1. The second-order valence-electron chi connectivity index (χ2n) is 3.95. The summed E-state index contributed by atoms with van der Waals surface area (Å²) in [5, 5.41) is 8.54. The van der Waals surface area contributed by atoms with E-state index < -0.39 is 0 Å². The molecule has 0 atom stereocenters. The SMILES string of the molecule is COc1ccc(CCN(C)CC#N)cc1C. The van der Waals surface area contributed by atoms with Crippen LogP contribution in [0.3, 0.4) is 0 Å². The van der Waals surface area contributed by atoms with E-state index in [2.05, 4.69) is 18.2 Å². The summed E-state index contributed by atoms with van der Waals surface area (Å²) in [7, 11) is 3.64. The van der Waals surface area contributed by atoms with E-state index in [0.717, 1.165) is 24.3 Å². The minimum Gasteiger partial charge on any atom is -0.496 e. The average molecular weight is 218 g/mol. The van der Waals surface area contributed by atoms with Crippen LogP contribution in [0.25, 0.3) is 0 Å². The highest BCUT2D eigenvalue weighted by molar-refractivity contribution is 5.36. The Morgan fingerprint density at radius 2 is 2.19 bits per heavy atom. The summed E-state index contributed by atoms with van der Waals surface area (Å²) >= 11 is 0. The van der Waals surface area contributed by atoms with Gasteiger partial charge in [-0.2, -0.15) is 5.26 Å². The molecule has 0 heterocycles. The highest BCUT2D eigenvalue weighted by Gasteiger charge is 2.02. The van der Waals surface area contributed by atoms with Gasteiger partial charge in [-0.25, -0.2) is 0 Å². The van der Waals surface area contributed by atoms with E-state index in [1.807, 2.05) is 24.9 Å². The Kier molecular flexibility index (Phi) is 4.81. The average Bonchev–Trinajstić information content (AvgIpc) is 2.27. The molecule has 1 rings (SSSR count). The first-order valence-electron chi connectivity index (χ1n) is 5.36. The lowest BCUT2D eigenvalue weighted by molar-refractivity contribution is 0.379. The number of benzene rings is 1. The Labute approximate surface area is 97.3 Å². The van der Waals surface area contributed by atoms with E-state index in [9.17, 15) is 0 Å². The predicted octanol–water partition coefficient (Wildman–Crippen LogP) is 2.00. The van der Waals surface area contributed by atoms with Gasteiger partial charge < -0.3 is 4.74 Å². The fourth-order valence-corrected chi connectivity index (χ4v) is 1.62. The van der Waals surface area contributed by atoms with Gasteiger partial charge in [0.25, 0.3) is 0 Å². The predicted molar refractivity (Wildman–Crippen MR) is 64.5 cm³/mol. The summed E-state index contributed by atoms with van der Waals surface area (Å²) in [5.41, 5.74) is 2.44. The largest absolute Gasteiger partial charge is 0.496 e. The fourth-order valence-electron chi connectivity index (χ4n) is 1.62. The van der Waals surface area contributed by atoms with Crippen LogP contribution in [0, 0.1) is 18.3 Å². The monoisotopic (exact) mass is 218 g/mol. The zero-order valence-electron chi connectivity index (χ0n) is 10.2. The van der Waals surface area contributed by atoms with Crippen molar-refractivity contribution in [2.75, 3.05) is 27.2 Å². The number of aryl methyl sites for hydroxylation is 1. The molecule has 0 saturated heterocycles. The van der Waals surface area contributed by atoms with Crippen LogP contribution in [0.2, 0.25) is 0 Å². The number of likely N-dealkylation sites (N-methyl/N-ethyl adjacent to an activating group) is 1. The molecule has 0 bridgehead atoms. The third-order valence-corrected chi connectivity index (χ3v) is 2.58. The van der Waals surface area contributed by atoms with Crippen LogP contribution >= 0.6 is 0 Å². The first kappa shape index (κ1) is 12.5. The molecule has 86 valence electrons. The molecule has 16 heavy (non-hydrogen) atoms. The standard InChI is InChI=1S/C13H18N2O/c1-11-10-12(4-5-13(11)16-3)6-8-15(2)9-7-14/h4-5,10H,6,8-9H2,1-3H3. The molecular formula is C13H18N2O. The Morgan fingerprint density at radius 1 is 1.44 bits per heavy atom. The summed E-state index contributed by atoms with van der Waals surface area (Å²) in [4.78, 5) is 2.01. The molecule has 1 aromatic rings. The van der Waals surface area contributed by atoms with Gasteiger partial charge in [0.2, 0.25) is 0 Å². The molecule has 0 saturated carbocycles. The fraction of sp³-hybridized carbons (Fsp3) is 0.462. The van der Waals surface area contributed by atoms with Crippen molar-refractivity contribution in [3.05, 3.63) is 29.3 Å². The molecule has 0 aromatic heterocycles. The summed E-state index contributed by atoms with van der Waals surface area (Å²) in [6.07, 6.45) is 0.961. The van der Waals surface area contributed by atoms with Crippen LogP contribution in [0.1, 0.15) is 11.1 Å². The highest BCUT2D eigenvalue weighted by atomic mass is 16.5. The number of nitriles is 1. The third kappa shape index (κ3) is 3.56. The second kappa shape index (κ2) is 6.14. The van der Waals surface area contributed by atoms with Crippen molar-refractivity contribution < 1.29 is 4.74 Å². The highest BCUT2D eigenvalue weighted by Crippen LogP contribution is 2.18. The van der Waals surface area contributed by atoms with Crippen LogP contribution < -0.4 is 4.74 Å². The van der Waals surface area contributed by atoms with E-state index in [4.69, 9.17) is 10.00 Å². The van der Waals surface area contributed by atoms with Gasteiger partial charge in [0.05, 0.1) is 19.7 Å². The lowest BCUT2D eigenvalue weighted by Gasteiger charge is -2.13. The van der Waals surface area contributed by atoms with E-state index in [-0.39, 0.29) is 0 Å². The van der Waals surface area contributed by atoms with Gasteiger partial charge in [0.15, 0.2) is 0 Å². The summed E-state index contributed by atoms with van der Waals surface area (Å²) in [6.45, 7) is 3.43. The first-order valence-corrected chi connectivity index (χ1v) is 5.36. The van der Waals surface area contributed by atoms with Gasteiger partial charge in [-0.1, -0.05) is 12.1 Å². The quantitative estimate of drug-likeness (QED) is 0.709. The maximum atomic E-state index is 8.54. The molecule has 3 nitrogen and oxygen atoms in total. The third-order valence-electron chi connectivity index (χ3n) is 2.58. The molecule has 0 aliphatic heterocycles. The molecule has 0 spiro atoms. The number of rotatable bonds is 5. The van der Waals surface area contributed by atoms with Crippen molar-refractivity contribution in [1.82, 2.24) is 4.90 Å². The summed E-state index contributed by atoms with van der Waals surface area (Å²) in [6, 6.07) is 8.35. The van der Waals surface area contributed by atoms with Gasteiger partial charge in [0, 0.05) is 6.54 Å². The molecule has 0 N–H and O–H groups in total. The van der Waals surface area contributed by atoms with E-state index in [1.165, 1.54) is 5.56 Å². The van der Waals surface area contributed by atoms with Gasteiger partial charge >= 0.3 is 0 Å². The van der Waals surface area contributed by atoms with Gasteiger partial charge in [-0.05, 0) is 37.6 Å². The number of methoxy groups -OCH3 is 1. The van der Waals surface area contributed by atoms with Gasteiger partial charge in [-0.15, -0.1) is 0 Å². The minimum absolute atomic E-state index is 0.481.